The van der Waals surface area contributed by atoms with Gasteiger partial charge in [-0.1, -0.05) is 78.7 Å². The maximum absolute atomic E-state index is 14.3. The third-order valence-electron chi connectivity index (χ3n) is 4.02. The summed E-state index contributed by atoms with van der Waals surface area (Å²) in [5.41, 5.74) is 6.34. The van der Waals surface area contributed by atoms with Gasteiger partial charge in [-0.25, -0.2) is 4.39 Å². The van der Waals surface area contributed by atoms with Crippen molar-refractivity contribution in [2.75, 3.05) is 0 Å². The number of hydrogen-bond donors (Lipinski definition) is 0. The molecule has 0 aliphatic rings. The first-order valence-electron chi connectivity index (χ1n) is 11.7. The van der Waals surface area contributed by atoms with E-state index in [1.165, 1.54) is 12.0 Å². The van der Waals surface area contributed by atoms with Gasteiger partial charge >= 0.3 is 0 Å². The van der Waals surface area contributed by atoms with Gasteiger partial charge in [0, 0.05) is 17.3 Å². The van der Waals surface area contributed by atoms with Crippen LogP contribution in [-0.4, -0.2) is 4.98 Å². The van der Waals surface area contributed by atoms with Crippen LogP contribution in [0.5, 0.6) is 0 Å². The van der Waals surface area contributed by atoms with Crippen LogP contribution in [0, 0.1) is 26.6 Å². The van der Waals surface area contributed by atoms with Crippen LogP contribution in [-0.2, 0) is 0 Å². The van der Waals surface area contributed by atoms with Crippen molar-refractivity contribution in [3.63, 3.8) is 0 Å². The number of aryl methyl sites for hydroxylation is 2. The summed E-state index contributed by atoms with van der Waals surface area (Å²) in [6, 6.07) is 5.75. The van der Waals surface area contributed by atoms with Gasteiger partial charge in [0.05, 0.1) is 5.69 Å². The Kier molecular flexibility index (Phi) is 22.7. The van der Waals surface area contributed by atoms with Crippen molar-refractivity contribution in [2.45, 2.75) is 95.9 Å². The van der Waals surface area contributed by atoms with Crippen LogP contribution in [0.3, 0.4) is 0 Å². The van der Waals surface area contributed by atoms with E-state index in [1.54, 1.807) is 6.20 Å². The molecule has 1 heterocycles. The van der Waals surface area contributed by atoms with Gasteiger partial charge in [0.25, 0.3) is 0 Å². The number of pyridine rings is 1. The molecule has 1 aromatic carbocycles. The average Bonchev–Trinajstić information content (AvgIpc) is 2.77. The smallest absolute Gasteiger partial charge is 0.134 e. The number of nitrogens with zero attached hydrogens (tertiary/aromatic N) is 1. The molecular formula is C29H48FN. The zero-order valence-corrected chi connectivity index (χ0v) is 22.4. The second kappa shape index (κ2) is 21.0. The first-order valence-corrected chi connectivity index (χ1v) is 11.7. The molecule has 2 heteroatoms. The van der Waals surface area contributed by atoms with Crippen molar-refractivity contribution >= 4 is 6.08 Å². The van der Waals surface area contributed by atoms with E-state index < -0.39 is 0 Å². The Labute approximate surface area is 193 Å². The largest absolute Gasteiger partial charge is 0.256 e. The second-order valence-corrected chi connectivity index (χ2v) is 6.81. The summed E-state index contributed by atoms with van der Waals surface area (Å²) in [6.45, 7) is 27.7. The molecule has 0 aliphatic heterocycles. The predicted octanol–water partition coefficient (Wildman–Crippen LogP) is 10.3. The number of halogens is 1. The molecule has 0 radical (unpaired) electrons. The van der Waals surface area contributed by atoms with E-state index in [-0.39, 0.29) is 5.82 Å². The fourth-order valence-corrected chi connectivity index (χ4v) is 2.07. The normalized spacial score (nSPS) is 9.06. The SMILES string of the molecule is C/C=C\c1ncc(-c2ccc(C)c(C)c2F)cc1C.C=C(C)CC.CC.CC.CCC. The van der Waals surface area contributed by atoms with Crippen LogP contribution >= 0.6 is 0 Å². The molecule has 0 atom stereocenters. The lowest BCUT2D eigenvalue weighted by Crippen LogP contribution is -1.94. The summed E-state index contributed by atoms with van der Waals surface area (Å²) in [5, 5.41) is 0. The molecule has 0 bridgehead atoms. The monoisotopic (exact) mass is 429 g/mol. The number of aromatic nitrogens is 1. The number of hydrogen-bond acceptors (Lipinski definition) is 1. The minimum Gasteiger partial charge on any atom is -0.256 e. The van der Waals surface area contributed by atoms with Crippen LogP contribution in [0.4, 0.5) is 4.39 Å². The lowest BCUT2D eigenvalue weighted by Gasteiger charge is -2.09. The highest BCUT2D eigenvalue weighted by molar-refractivity contribution is 5.67. The predicted molar refractivity (Wildman–Crippen MR) is 142 cm³/mol. The fraction of sp³-hybridized carbons (Fsp3) is 0.483. The van der Waals surface area contributed by atoms with E-state index in [9.17, 15) is 4.39 Å². The van der Waals surface area contributed by atoms with Gasteiger partial charge in [0.2, 0.25) is 0 Å². The minimum absolute atomic E-state index is 0.153. The minimum atomic E-state index is -0.153. The van der Waals surface area contributed by atoms with Crippen molar-refractivity contribution in [3.05, 3.63) is 70.8 Å². The summed E-state index contributed by atoms with van der Waals surface area (Å²) in [5.74, 6) is -0.153. The standard InChI is InChI=1S/C17H18FN.C5H10.C3H8.2C2H6/c1-5-6-16-12(3)9-14(10-19-16)15-8-7-11(2)13(4)17(15)18;1-4-5(2)3;1-3-2;2*1-2/h5-10H,1-4H3;2,4H2,1,3H3;3H2,1-2H3;2*1-2H3/b6-5-;;;;. The number of benzene rings is 1. The Morgan fingerprint density at radius 1 is 1.00 bits per heavy atom. The van der Waals surface area contributed by atoms with E-state index in [0.29, 0.717) is 11.1 Å². The highest BCUT2D eigenvalue weighted by Gasteiger charge is 2.10. The maximum Gasteiger partial charge on any atom is 0.134 e. The highest BCUT2D eigenvalue weighted by atomic mass is 19.1. The van der Waals surface area contributed by atoms with Gasteiger partial charge in [-0.3, -0.25) is 4.98 Å². The van der Waals surface area contributed by atoms with Gasteiger partial charge in [-0.05, 0) is 69.9 Å². The molecule has 0 saturated carbocycles. The molecule has 0 spiro atoms. The number of allylic oxidation sites excluding steroid dienone is 2. The Morgan fingerprint density at radius 3 is 1.87 bits per heavy atom. The van der Waals surface area contributed by atoms with Crippen LogP contribution in [0.25, 0.3) is 17.2 Å². The summed E-state index contributed by atoms with van der Waals surface area (Å²) >= 11 is 0. The van der Waals surface area contributed by atoms with E-state index in [2.05, 4.69) is 32.3 Å². The second-order valence-electron chi connectivity index (χ2n) is 6.81. The Morgan fingerprint density at radius 2 is 1.48 bits per heavy atom. The fourth-order valence-electron chi connectivity index (χ4n) is 2.07. The molecular weight excluding hydrogens is 381 g/mol. The first-order chi connectivity index (χ1) is 14.7. The van der Waals surface area contributed by atoms with Crippen molar-refractivity contribution in [2.24, 2.45) is 0 Å². The zero-order chi connectivity index (χ0) is 25.0. The highest BCUT2D eigenvalue weighted by Crippen LogP contribution is 2.27. The molecule has 1 nitrogen and oxygen atoms in total. The zero-order valence-electron chi connectivity index (χ0n) is 22.4. The Bertz CT molecular complexity index is 758. The van der Waals surface area contributed by atoms with Gasteiger partial charge < -0.3 is 0 Å². The van der Waals surface area contributed by atoms with Crippen molar-refractivity contribution in [1.82, 2.24) is 4.98 Å². The molecule has 176 valence electrons. The van der Waals surface area contributed by atoms with E-state index in [4.69, 9.17) is 0 Å². The lowest BCUT2D eigenvalue weighted by atomic mass is 9.99. The molecule has 31 heavy (non-hydrogen) atoms. The molecule has 2 aromatic rings. The molecule has 0 amide bonds. The summed E-state index contributed by atoms with van der Waals surface area (Å²) in [4.78, 5) is 4.38. The van der Waals surface area contributed by atoms with Crippen molar-refractivity contribution < 1.29 is 4.39 Å². The molecule has 1 aromatic heterocycles. The topological polar surface area (TPSA) is 12.9 Å². The molecule has 0 N–H and O–H groups in total. The van der Waals surface area contributed by atoms with Crippen LogP contribution in [0.1, 0.15) is 97.5 Å². The van der Waals surface area contributed by atoms with Crippen LogP contribution in [0.15, 0.2) is 42.6 Å². The van der Waals surface area contributed by atoms with E-state index in [1.807, 2.05) is 92.7 Å². The van der Waals surface area contributed by atoms with E-state index in [0.717, 1.165) is 28.8 Å². The third-order valence-corrected chi connectivity index (χ3v) is 4.02. The molecule has 0 unspecified atom stereocenters. The molecule has 2 rings (SSSR count). The van der Waals surface area contributed by atoms with Crippen LogP contribution < -0.4 is 0 Å². The Balaban J connectivity index is -0.000000549. The molecule has 0 aliphatic carbocycles. The lowest BCUT2D eigenvalue weighted by molar-refractivity contribution is 0.620. The third kappa shape index (κ3) is 13.6. The van der Waals surface area contributed by atoms with E-state index >= 15 is 0 Å². The average molecular weight is 430 g/mol. The maximum atomic E-state index is 14.3. The summed E-state index contributed by atoms with van der Waals surface area (Å²) in [7, 11) is 0. The molecule has 0 fully saturated rings. The quantitative estimate of drug-likeness (QED) is 0.442. The van der Waals surface area contributed by atoms with Gasteiger partial charge in [0.1, 0.15) is 5.82 Å². The van der Waals surface area contributed by atoms with Crippen molar-refractivity contribution in [1.29, 1.82) is 0 Å². The van der Waals surface area contributed by atoms with Crippen molar-refractivity contribution in [3.8, 4) is 11.1 Å². The Hall–Kier alpha value is -2.22. The van der Waals surface area contributed by atoms with Crippen LogP contribution in [0.2, 0.25) is 0 Å². The van der Waals surface area contributed by atoms with Gasteiger partial charge in [0.15, 0.2) is 0 Å². The summed E-state index contributed by atoms with van der Waals surface area (Å²) < 4.78 is 14.3. The number of rotatable bonds is 3. The van der Waals surface area contributed by atoms with Gasteiger partial charge in [-0.2, -0.15) is 0 Å². The first kappa shape index (κ1) is 33.4. The van der Waals surface area contributed by atoms with Gasteiger partial charge in [-0.15, -0.1) is 6.58 Å². The molecule has 0 saturated heterocycles. The summed E-state index contributed by atoms with van der Waals surface area (Å²) in [6.07, 6.45) is 8.00.